The van der Waals surface area contributed by atoms with Gasteiger partial charge < -0.3 is 31.5 Å². The number of likely N-dealkylation sites (N-methyl/N-ethyl adjacent to an activating group) is 1. The Balaban J connectivity index is 1.05. The number of aromatic nitrogens is 2. The Morgan fingerprint density at radius 3 is 2.39 bits per heavy atom. The van der Waals surface area contributed by atoms with Gasteiger partial charge in [0.15, 0.2) is 5.84 Å². The van der Waals surface area contributed by atoms with Gasteiger partial charge in [0, 0.05) is 61.5 Å². The summed E-state index contributed by atoms with van der Waals surface area (Å²) < 4.78 is 0. The number of phenols is 2. The van der Waals surface area contributed by atoms with Gasteiger partial charge in [-0.15, -0.1) is 0 Å². The van der Waals surface area contributed by atoms with Crippen LogP contribution in [-0.4, -0.2) is 86.8 Å². The molecule has 0 bridgehead atoms. The van der Waals surface area contributed by atoms with Gasteiger partial charge in [-0.3, -0.25) is 30.2 Å². The Bertz CT molecular complexity index is 2130. The first kappa shape index (κ1) is 41.4. The van der Waals surface area contributed by atoms with E-state index >= 15 is 0 Å². The highest BCUT2D eigenvalue weighted by molar-refractivity contribution is 7.99. The Morgan fingerprint density at radius 1 is 1.05 bits per heavy atom. The van der Waals surface area contributed by atoms with Crippen LogP contribution in [0.15, 0.2) is 76.9 Å². The lowest BCUT2D eigenvalue weighted by Gasteiger charge is -2.38. The van der Waals surface area contributed by atoms with Crippen molar-refractivity contribution in [3.05, 3.63) is 88.7 Å². The van der Waals surface area contributed by atoms with Crippen molar-refractivity contribution < 1.29 is 19.8 Å². The second kappa shape index (κ2) is 17.5. The van der Waals surface area contributed by atoms with E-state index in [9.17, 15) is 19.8 Å². The number of halogens is 1. The molecule has 2 amide bonds. The topological polar surface area (TPSA) is 208 Å². The van der Waals surface area contributed by atoms with Gasteiger partial charge in [-0.1, -0.05) is 55.4 Å². The van der Waals surface area contributed by atoms with Crippen LogP contribution in [0.4, 0.5) is 17.2 Å². The predicted molar refractivity (Wildman–Crippen MR) is 225 cm³/mol. The van der Waals surface area contributed by atoms with Crippen LogP contribution in [0, 0.1) is 16.7 Å². The zero-order valence-corrected chi connectivity index (χ0v) is 34.0. The number of nitrogens with one attached hydrogen (secondary N) is 4. The third-order valence-corrected chi connectivity index (χ3v) is 11.7. The van der Waals surface area contributed by atoms with Crippen LogP contribution in [0.1, 0.15) is 63.1 Å². The molecule has 4 aromatic rings. The number of benzene rings is 3. The molecule has 0 aliphatic carbocycles. The normalized spacial score (nSPS) is 15.5. The molecule has 0 atom stereocenters. The number of amidine groups is 2. The minimum atomic E-state index is -0.682. The molecule has 6 rings (SSSR count). The van der Waals surface area contributed by atoms with E-state index < -0.39 is 11.7 Å². The Labute approximate surface area is 341 Å². The van der Waals surface area contributed by atoms with Gasteiger partial charge in [0.1, 0.15) is 28.2 Å². The molecule has 57 heavy (non-hydrogen) atoms. The number of nitrogens with zero attached hydrogens (tertiary/aromatic N) is 5. The summed E-state index contributed by atoms with van der Waals surface area (Å²) >= 11 is 8.15. The van der Waals surface area contributed by atoms with Crippen molar-refractivity contribution >= 4 is 64.0 Å². The molecule has 0 saturated carbocycles. The molecule has 300 valence electrons. The van der Waals surface area contributed by atoms with E-state index in [-0.39, 0.29) is 52.7 Å². The van der Waals surface area contributed by atoms with Gasteiger partial charge >= 0.3 is 0 Å². The maximum absolute atomic E-state index is 13.3. The van der Waals surface area contributed by atoms with Crippen LogP contribution in [0.25, 0.3) is 0 Å². The smallest absolute Gasteiger partial charge is 0.287 e. The van der Waals surface area contributed by atoms with E-state index in [0.29, 0.717) is 46.6 Å². The van der Waals surface area contributed by atoms with Gasteiger partial charge in [0.05, 0.1) is 34.6 Å². The molecular weight excluding hydrogens is 764 g/mol. The van der Waals surface area contributed by atoms with Crippen molar-refractivity contribution in [3.8, 4) is 11.5 Å². The lowest BCUT2D eigenvalue weighted by atomic mass is 9.91. The number of phenolic OH excluding ortho intramolecular Hbond substituents is 2. The van der Waals surface area contributed by atoms with Crippen molar-refractivity contribution in [3.63, 3.8) is 0 Å². The van der Waals surface area contributed by atoms with E-state index in [1.165, 1.54) is 23.9 Å². The van der Waals surface area contributed by atoms with Gasteiger partial charge in [0.2, 0.25) is 5.91 Å². The highest BCUT2D eigenvalue weighted by Crippen LogP contribution is 2.38. The summed E-state index contributed by atoms with van der Waals surface area (Å²) in [4.78, 5) is 41.5. The summed E-state index contributed by atoms with van der Waals surface area (Å²) in [6, 6.07) is 15.3. The van der Waals surface area contributed by atoms with Crippen molar-refractivity contribution in [1.82, 2.24) is 20.2 Å². The molecule has 8 N–H and O–H groups in total. The Hall–Kier alpha value is -5.22. The summed E-state index contributed by atoms with van der Waals surface area (Å²) in [5.41, 5.74) is 8.55. The number of anilines is 3. The molecule has 2 saturated heterocycles. The van der Waals surface area contributed by atoms with Crippen LogP contribution in [-0.2, 0) is 16.1 Å². The minimum absolute atomic E-state index is 0.0691. The van der Waals surface area contributed by atoms with Crippen LogP contribution in [0.5, 0.6) is 11.5 Å². The second-order valence-electron chi connectivity index (χ2n) is 15.1. The number of piperidine rings is 1. The van der Waals surface area contributed by atoms with Crippen molar-refractivity contribution in [2.75, 3.05) is 47.8 Å². The number of aromatic hydroxyl groups is 2. The van der Waals surface area contributed by atoms with Gasteiger partial charge in [0.25, 0.3) is 5.91 Å². The molecule has 0 radical (unpaired) electrons. The van der Waals surface area contributed by atoms with Crippen LogP contribution in [0.3, 0.4) is 0 Å². The number of rotatable bonds is 11. The van der Waals surface area contributed by atoms with E-state index in [0.717, 1.165) is 47.1 Å². The minimum Gasteiger partial charge on any atom is -0.508 e. The molecule has 2 fully saturated rings. The molecule has 2 aliphatic heterocycles. The molecule has 3 aromatic carbocycles. The zero-order valence-electron chi connectivity index (χ0n) is 32.5. The number of amides is 2. The molecule has 0 unspecified atom stereocenters. The van der Waals surface area contributed by atoms with Crippen molar-refractivity contribution in [2.45, 2.75) is 68.5 Å². The number of hydrogen-bond acceptors (Lipinski definition) is 12. The number of carbonyl (C=O) groups excluding carboxylic acids is 2. The summed E-state index contributed by atoms with van der Waals surface area (Å²) in [6.45, 7) is 11.2. The monoisotopic (exact) mass is 812 g/mol. The first-order valence-electron chi connectivity index (χ1n) is 18.9. The quantitative estimate of drug-likeness (QED) is 0.0675. The molecular formula is C41H49ClN10O4S. The molecule has 0 spiro atoms. The summed E-state index contributed by atoms with van der Waals surface area (Å²) in [5, 5.41) is 45.4. The number of nitrogens with two attached hydrogens (primary N) is 1. The molecule has 2 aliphatic rings. The van der Waals surface area contributed by atoms with E-state index in [1.807, 2.05) is 38.1 Å². The fourth-order valence-corrected chi connectivity index (χ4v) is 7.83. The lowest BCUT2D eigenvalue weighted by Crippen LogP contribution is -2.51. The number of carbonyl (C=O) groups is 2. The largest absolute Gasteiger partial charge is 0.508 e. The highest BCUT2D eigenvalue weighted by Gasteiger charge is 2.33. The zero-order chi connectivity index (χ0) is 41.0. The Kier molecular flexibility index (Phi) is 12.7. The van der Waals surface area contributed by atoms with Crippen LogP contribution >= 0.6 is 23.4 Å². The van der Waals surface area contributed by atoms with Crippen molar-refractivity contribution in [1.29, 1.82) is 10.8 Å². The SMILES string of the molecule is CCNC(=O)C(=N)N(C(=N)c1cc(C(C)C)c(O)cc1O)c1ccc(CN2CC(C(=O)Nc3cccc(Sc4cnc(N5CCC(C)(N)CC5)cn4)c3Cl)C2)cc1. The molecule has 16 heteroatoms. The summed E-state index contributed by atoms with van der Waals surface area (Å²) in [7, 11) is 0. The van der Waals surface area contributed by atoms with E-state index in [4.69, 9.17) is 28.2 Å². The maximum Gasteiger partial charge on any atom is 0.287 e. The highest BCUT2D eigenvalue weighted by atomic mass is 35.5. The lowest BCUT2D eigenvalue weighted by molar-refractivity contribution is -0.125. The number of likely N-dealkylation sites (tertiary alicyclic amines) is 1. The Morgan fingerprint density at radius 2 is 1.75 bits per heavy atom. The van der Waals surface area contributed by atoms with Crippen LogP contribution < -0.4 is 26.2 Å². The molecule has 1 aromatic heterocycles. The first-order valence-corrected chi connectivity index (χ1v) is 20.1. The third-order valence-electron chi connectivity index (χ3n) is 10.2. The molecule has 3 heterocycles. The van der Waals surface area contributed by atoms with Gasteiger partial charge in [-0.05, 0) is 74.1 Å². The standard InChI is InChI=1S/C41H49ClN10O4S/c1-5-46-40(56)38(44)52(37(43)29-17-28(24(2)3)31(53)18-32(29)54)27-11-9-25(10-12-27)21-50-22-26(23-50)39(55)49-30-7-6-8-33(36(30)42)57-35-20-47-34(19-48-35)51-15-13-41(4,45)14-16-51/h6-12,17-20,24,26,43-44,53-54H,5,13-16,21-23,45H2,1-4H3,(H,46,56)(H,49,55). The maximum atomic E-state index is 13.3. The average Bonchev–Trinajstić information content (AvgIpc) is 3.15. The van der Waals surface area contributed by atoms with E-state index in [1.54, 1.807) is 37.5 Å². The van der Waals surface area contributed by atoms with Gasteiger partial charge in [-0.25, -0.2) is 9.97 Å². The van der Waals surface area contributed by atoms with Crippen LogP contribution in [0.2, 0.25) is 5.02 Å². The first-order chi connectivity index (χ1) is 27.1. The summed E-state index contributed by atoms with van der Waals surface area (Å²) in [6.07, 6.45) is 5.30. The second-order valence-corrected chi connectivity index (χ2v) is 16.5. The predicted octanol–water partition coefficient (Wildman–Crippen LogP) is 6.15. The van der Waals surface area contributed by atoms with Gasteiger partial charge in [-0.2, -0.15) is 0 Å². The fraction of sp³-hybridized carbons (Fsp3) is 0.366. The third kappa shape index (κ3) is 9.67. The average molecular weight is 813 g/mol. The fourth-order valence-electron chi connectivity index (χ4n) is 6.76. The number of hydrogen-bond donors (Lipinski definition) is 7. The molecule has 14 nitrogen and oxygen atoms in total. The van der Waals surface area contributed by atoms with E-state index in [2.05, 4.69) is 37.3 Å². The summed E-state index contributed by atoms with van der Waals surface area (Å²) in [5.74, 6) is -1.56. The van der Waals surface area contributed by atoms with Crippen molar-refractivity contribution in [2.24, 2.45) is 11.7 Å².